The molecule has 0 aromatic carbocycles. The maximum absolute atomic E-state index is 9.60. The Hall–Kier alpha value is 0.780. The summed E-state index contributed by atoms with van der Waals surface area (Å²) < 4.78 is 54.6. The molecule has 0 heterocycles. The molecule has 0 amide bonds. The molecule has 15 heavy (non-hydrogen) atoms. The van der Waals surface area contributed by atoms with Crippen molar-refractivity contribution in [3.05, 3.63) is 0 Å². The van der Waals surface area contributed by atoms with Crippen LogP contribution in [0.15, 0.2) is 0 Å². The first kappa shape index (κ1) is 21.1. The van der Waals surface area contributed by atoms with E-state index >= 15 is 0 Å². The van der Waals surface area contributed by atoms with Gasteiger partial charge in [-0.2, -0.15) is 0 Å². The van der Waals surface area contributed by atoms with Gasteiger partial charge in [0.25, 0.3) is 0 Å². The minimum Gasteiger partial charge on any atom is 4.00 e. The Morgan fingerprint density at radius 1 is 0.800 bits per heavy atom. The van der Waals surface area contributed by atoms with Crippen molar-refractivity contribution in [3.63, 3.8) is 0 Å². The summed E-state index contributed by atoms with van der Waals surface area (Å²) in [4.78, 5) is 19.2. The van der Waals surface area contributed by atoms with Gasteiger partial charge in [-0.3, -0.25) is 0 Å². The summed E-state index contributed by atoms with van der Waals surface area (Å²) in [5.74, 6) is 0. The van der Waals surface area contributed by atoms with Gasteiger partial charge in [0, 0.05) is 0 Å². The molecule has 0 saturated carbocycles. The molecule has 0 saturated heterocycles. The molecule has 8 nitrogen and oxygen atoms in total. The van der Waals surface area contributed by atoms with E-state index in [1.807, 2.05) is 0 Å². The van der Waals surface area contributed by atoms with E-state index in [9.17, 15) is 33.5 Å². The number of hydrogen-bond donors (Lipinski definition) is 0. The summed E-state index contributed by atoms with van der Waals surface area (Å²) in [7, 11) is 0. The molecule has 0 spiro atoms. The smallest absolute Gasteiger partial charge is 4.00 e. The van der Waals surface area contributed by atoms with Crippen LogP contribution < -0.4 is 16.4 Å². The van der Waals surface area contributed by atoms with E-state index in [1.54, 1.807) is 0 Å². The molecular weight excluding hydrogens is 417 g/mol. The fourth-order valence-corrected chi connectivity index (χ4v) is 0. The second-order valence-corrected chi connectivity index (χ2v) is 8.85. The van der Waals surface area contributed by atoms with Gasteiger partial charge < -0.3 is 0 Å². The van der Waals surface area contributed by atoms with Gasteiger partial charge in [0.15, 0.2) is 0 Å². The van der Waals surface area contributed by atoms with E-state index in [2.05, 4.69) is 0 Å². The summed E-state index contributed by atoms with van der Waals surface area (Å²) in [6, 6.07) is 0. The standard InChI is InChI=1S/2C2H5AsO4.Zr/c2*1-2(4)3(5,6)7;/h2*1H3,(H2,5,6,7);/q;;+4/p-4. The average molecular weight is 423 g/mol. The number of hydrogen-bond acceptors (Lipinski definition) is 8. The zero-order valence-electron chi connectivity index (χ0n) is 7.66. The summed E-state index contributed by atoms with van der Waals surface area (Å²) in [6.07, 6.45) is 0. The zero-order chi connectivity index (χ0) is 12.2. The average Bonchev–Trinajstić information content (AvgIpc) is 1.83. The molecule has 0 N–H and O–H groups in total. The maximum atomic E-state index is 9.60. The largest absolute Gasteiger partial charge is 4.00 e. The predicted molar refractivity (Wildman–Crippen MR) is 34.2 cm³/mol. The topological polar surface area (TPSA) is 161 Å². The number of carbonyl (C=O) groups excluding carboxylic acids is 2. The molecule has 0 aromatic heterocycles. The molecule has 0 atom stereocenters. The Kier molecular flexibility index (Phi) is 11.2. The van der Waals surface area contributed by atoms with Crippen LogP contribution in [0.3, 0.4) is 0 Å². The van der Waals surface area contributed by atoms with E-state index in [4.69, 9.17) is 0 Å². The SMILES string of the molecule is CC(=O)[As](=O)([O-])[O-].CC(=O)[As](=O)([O-])[O-].[Zr+4]. The normalized spacial score (nSPS) is 10.5. The van der Waals surface area contributed by atoms with Crippen molar-refractivity contribution >= 4 is 37.5 Å². The van der Waals surface area contributed by atoms with Crippen LogP contribution in [0.5, 0.6) is 0 Å². The molecule has 0 aliphatic rings. The molecule has 0 aromatic rings. The Morgan fingerprint density at radius 3 is 0.867 bits per heavy atom. The van der Waals surface area contributed by atoms with Crippen LogP contribution in [0, 0.1) is 0 Å². The first-order chi connectivity index (χ1) is 5.89. The molecular formula is C4H6As2O8Zr. The molecule has 0 fully saturated rings. The molecule has 84 valence electrons. The summed E-state index contributed by atoms with van der Waals surface area (Å²) in [5.41, 5.74) is 0. The minimum atomic E-state index is -5.42. The van der Waals surface area contributed by atoms with Crippen LogP contribution >= 0.6 is 0 Å². The monoisotopic (exact) mass is 422 g/mol. The maximum Gasteiger partial charge on any atom is 4.00 e. The van der Waals surface area contributed by atoms with Gasteiger partial charge in [0.05, 0.1) is 0 Å². The fraction of sp³-hybridized carbons (Fsp3) is 0.500. The third-order valence-corrected chi connectivity index (χ3v) is 4.01. The van der Waals surface area contributed by atoms with Crippen molar-refractivity contribution in [2.24, 2.45) is 0 Å². The molecule has 0 aliphatic heterocycles. The van der Waals surface area contributed by atoms with Gasteiger partial charge in [-0.1, -0.05) is 0 Å². The first-order valence-corrected chi connectivity index (χ1v) is 9.42. The van der Waals surface area contributed by atoms with Crippen molar-refractivity contribution in [1.29, 1.82) is 0 Å². The second-order valence-electron chi connectivity index (χ2n) is 2.03. The fourth-order valence-electron chi connectivity index (χ4n) is 0. The third kappa shape index (κ3) is 14.8. The number of carbonyl (C=O) groups is 2. The van der Waals surface area contributed by atoms with Gasteiger partial charge >= 0.3 is 111 Å². The predicted octanol–water partition coefficient (Wildman–Crippen LogP) is -5.59. The van der Waals surface area contributed by atoms with Gasteiger partial charge in [-0.05, 0) is 0 Å². The quantitative estimate of drug-likeness (QED) is 0.398. The van der Waals surface area contributed by atoms with Crippen molar-refractivity contribution in [1.82, 2.24) is 0 Å². The van der Waals surface area contributed by atoms with Gasteiger partial charge in [0.1, 0.15) is 0 Å². The van der Waals surface area contributed by atoms with Crippen LogP contribution in [0.1, 0.15) is 13.8 Å². The van der Waals surface area contributed by atoms with E-state index in [-0.39, 0.29) is 26.2 Å². The van der Waals surface area contributed by atoms with Crippen LogP contribution in [0.25, 0.3) is 0 Å². The van der Waals surface area contributed by atoms with E-state index in [0.29, 0.717) is 0 Å². The van der Waals surface area contributed by atoms with E-state index in [0.717, 1.165) is 13.8 Å². The molecule has 0 aliphatic carbocycles. The first-order valence-electron chi connectivity index (χ1n) is 2.95. The van der Waals surface area contributed by atoms with Crippen LogP contribution in [-0.2, 0) is 43.3 Å². The van der Waals surface area contributed by atoms with Crippen molar-refractivity contribution < 1.29 is 59.7 Å². The van der Waals surface area contributed by atoms with Crippen LogP contribution in [0.4, 0.5) is 0 Å². The van der Waals surface area contributed by atoms with Crippen molar-refractivity contribution in [2.75, 3.05) is 0 Å². The van der Waals surface area contributed by atoms with Gasteiger partial charge in [0.2, 0.25) is 0 Å². The Morgan fingerprint density at radius 2 is 0.867 bits per heavy atom. The third-order valence-electron chi connectivity index (χ3n) is 0.771. The molecule has 11 heteroatoms. The van der Waals surface area contributed by atoms with Gasteiger partial charge in [-0.25, -0.2) is 0 Å². The Balaban J connectivity index is -0.000000180. The number of rotatable bonds is 2. The molecule has 0 bridgehead atoms. The van der Waals surface area contributed by atoms with E-state index in [1.165, 1.54) is 0 Å². The Labute approximate surface area is 110 Å². The summed E-state index contributed by atoms with van der Waals surface area (Å²) in [5, 5.41) is 0. The van der Waals surface area contributed by atoms with Crippen LogP contribution in [-0.4, -0.2) is 37.5 Å². The van der Waals surface area contributed by atoms with Gasteiger partial charge in [-0.15, -0.1) is 0 Å². The zero-order valence-corrected chi connectivity index (χ0v) is 13.9. The molecule has 0 unspecified atom stereocenters. The van der Waals surface area contributed by atoms with Crippen LogP contribution in [0.2, 0.25) is 0 Å². The Bertz CT molecular complexity index is 281. The summed E-state index contributed by atoms with van der Waals surface area (Å²) in [6.45, 7) is 1.50. The minimum absolute atomic E-state index is 0. The van der Waals surface area contributed by atoms with E-state index < -0.39 is 37.5 Å². The second kappa shape index (κ2) is 7.96. The van der Waals surface area contributed by atoms with Crippen molar-refractivity contribution in [3.8, 4) is 0 Å². The molecule has 0 rings (SSSR count). The molecule has 0 radical (unpaired) electrons. The summed E-state index contributed by atoms with van der Waals surface area (Å²) >= 11 is -10.8. The van der Waals surface area contributed by atoms with Crippen molar-refractivity contribution in [2.45, 2.75) is 13.8 Å².